The summed E-state index contributed by atoms with van der Waals surface area (Å²) in [4.78, 5) is 16.7. The molecule has 2 atom stereocenters. The van der Waals surface area contributed by atoms with E-state index >= 15 is 0 Å². The van der Waals surface area contributed by atoms with Gasteiger partial charge in [0.2, 0.25) is 21.9 Å². The Morgan fingerprint density at radius 3 is 2.43 bits per heavy atom. The molecule has 37 heavy (non-hydrogen) atoms. The van der Waals surface area contributed by atoms with Gasteiger partial charge in [0.15, 0.2) is 23.2 Å². The van der Waals surface area contributed by atoms with Gasteiger partial charge in [-0.05, 0) is 41.1 Å². The second kappa shape index (κ2) is 10.7. The van der Waals surface area contributed by atoms with E-state index < -0.39 is 27.0 Å². The molecule has 0 aromatic carbocycles. The van der Waals surface area contributed by atoms with Gasteiger partial charge in [0.25, 0.3) is 0 Å². The molecule has 12 nitrogen and oxygen atoms in total. The van der Waals surface area contributed by atoms with Gasteiger partial charge in [-0.2, -0.15) is 0 Å². The van der Waals surface area contributed by atoms with E-state index in [0.717, 1.165) is 12.4 Å². The number of halogens is 2. The minimum atomic E-state index is -4.09. The highest BCUT2D eigenvalue weighted by Crippen LogP contribution is 2.32. The molecule has 0 fully saturated rings. The maximum absolute atomic E-state index is 13.4. The molecule has 0 aliphatic carbocycles. The molecule has 0 spiro atoms. The van der Waals surface area contributed by atoms with Crippen LogP contribution in [0, 0.1) is 5.82 Å². The third kappa shape index (κ3) is 5.51. The monoisotopic (exact) mass is 592 g/mol. The van der Waals surface area contributed by atoms with Crippen LogP contribution in [0.5, 0.6) is 11.6 Å². The maximum Gasteiger partial charge on any atom is 0.244 e. The lowest BCUT2D eigenvalue weighted by molar-refractivity contribution is 0.398. The number of nitrogens with one attached hydrogen (secondary N) is 1. The minimum Gasteiger partial charge on any atom is -0.493 e. The molecule has 4 heterocycles. The van der Waals surface area contributed by atoms with E-state index in [2.05, 4.69) is 50.8 Å². The van der Waals surface area contributed by atoms with Crippen molar-refractivity contribution in [1.29, 1.82) is 0 Å². The molecule has 0 bridgehead atoms. The Bertz CT molecular complexity index is 1520. The molecule has 2 unspecified atom stereocenters. The number of pyridine rings is 2. The molecule has 1 N–H and O–H groups in total. The van der Waals surface area contributed by atoms with Crippen molar-refractivity contribution in [2.75, 3.05) is 18.9 Å². The zero-order valence-corrected chi connectivity index (χ0v) is 22.5. The zero-order valence-electron chi connectivity index (χ0n) is 20.1. The average molecular weight is 593 g/mol. The molecule has 0 amide bonds. The Kier molecular flexibility index (Phi) is 7.63. The molecule has 0 aliphatic rings. The van der Waals surface area contributed by atoms with Crippen LogP contribution in [0.2, 0.25) is 0 Å². The molecular formula is C22H22BrFN8O4S. The Hall–Kier alpha value is -3.72. The number of rotatable bonds is 9. The SMILES string of the molecule is COc1cccc(-c2nnc(NS(=O)(=O)C(C)C(C)c3ncc(F)cn3)n2-c2nc(Br)ccc2OC)n1. The van der Waals surface area contributed by atoms with Gasteiger partial charge in [-0.3, -0.25) is 4.72 Å². The van der Waals surface area contributed by atoms with Crippen LogP contribution >= 0.6 is 15.9 Å². The largest absolute Gasteiger partial charge is 0.493 e. The van der Waals surface area contributed by atoms with Crippen LogP contribution in [0.4, 0.5) is 10.3 Å². The van der Waals surface area contributed by atoms with Gasteiger partial charge >= 0.3 is 0 Å². The topological polar surface area (TPSA) is 147 Å². The van der Waals surface area contributed by atoms with Gasteiger partial charge in [-0.25, -0.2) is 37.3 Å². The normalized spacial score (nSPS) is 13.1. The van der Waals surface area contributed by atoms with Crippen LogP contribution in [0.3, 0.4) is 0 Å². The van der Waals surface area contributed by atoms with Crippen LogP contribution < -0.4 is 14.2 Å². The Labute approximate surface area is 220 Å². The second-order valence-corrected chi connectivity index (χ2v) is 10.7. The summed E-state index contributed by atoms with van der Waals surface area (Å²) in [7, 11) is -1.15. The first kappa shape index (κ1) is 26.3. The highest BCUT2D eigenvalue weighted by Gasteiger charge is 2.32. The molecule has 194 valence electrons. The molecule has 0 saturated carbocycles. The highest BCUT2D eigenvalue weighted by molar-refractivity contribution is 9.10. The number of methoxy groups -OCH3 is 2. The molecule has 4 rings (SSSR count). The number of hydrogen-bond donors (Lipinski definition) is 1. The number of nitrogens with zero attached hydrogens (tertiary/aromatic N) is 7. The van der Waals surface area contributed by atoms with E-state index in [9.17, 15) is 12.8 Å². The summed E-state index contributed by atoms with van der Waals surface area (Å²) in [5, 5.41) is 7.25. The standard InChI is InChI=1S/C22H22BrFN8O4S/c1-12(19-25-10-14(24)11-26-19)13(2)37(33,34)31-22-30-29-20(15-6-5-7-18(27-15)36-4)32(22)21-16(35-3)8-9-17(23)28-21/h5-13H,1-4H3,(H,30,31). The number of sulfonamides is 1. The lowest BCUT2D eigenvalue weighted by Gasteiger charge is -2.20. The summed E-state index contributed by atoms with van der Waals surface area (Å²) in [6.07, 6.45) is 1.97. The van der Waals surface area contributed by atoms with E-state index in [1.165, 1.54) is 25.7 Å². The van der Waals surface area contributed by atoms with Crippen molar-refractivity contribution >= 4 is 31.9 Å². The summed E-state index contributed by atoms with van der Waals surface area (Å²) in [6, 6.07) is 8.37. The van der Waals surface area contributed by atoms with Gasteiger partial charge in [-0.1, -0.05) is 13.0 Å². The van der Waals surface area contributed by atoms with Gasteiger partial charge in [0.1, 0.15) is 16.1 Å². The van der Waals surface area contributed by atoms with Crippen LogP contribution in [-0.4, -0.2) is 62.6 Å². The first-order chi connectivity index (χ1) is 17.6. The first-order valence-electron chi connectivity index (χ1n) is 10.8. The van der Waals surface area contributed by atoms with Crippen LogP contribution in [0.25, 0.3) is 17.3 Å². The molecule has 0 saturated heterocycles. The van der Waals surface area contributed by atoms with E-state index in [4.69, 9.17) is 9.47 Å². The number of hydrogen-bond acceptors (Lipinski definition) is 10. The number of aromatic nitrogens is 7. The first-order valence-corrected chi connectivity index (χ1v) is 13.2. The predicted molar refractivity (Wildman–Crippen MR) is 136 cm³/mol. The second-order valence-electron chi connectivity index (χ2n) is 7.81. The third-order valence-corrected chi connectivity index (χ3v) is 7.83. The summed E-state index contributed by atoms with van der Waals surface area (Å²) < 4.78 is 55.1. The van der Waals surface area contributed by atoms with Crippen molar-refractivity contribution in [2.24, 2.45) is 0 Å². The fourth-order valence-corrected chi connectivity index (χ4v) is 4.89. The zero-order chi connectivity index (χ0) is 26.7. The van der Waals surface area contributed by atoms with Gasteiger partial charge < -0.3 is 9.47 Å². The van der Waals surface area contributed by atoms with Gasteiger partial charge in [-0.15, -0.1) is 10.2 Å². The fourth-order valence-electron chi connectivity index (χ4n) is 3.36. The van der Waals surface area contributed by atoms with Crippen LogP contribution in [0.15, 0.2) is 47.3 Å². The van der Waals surface area contributed by atoms with Crippen molar-refractivity contribution in [3.05, 3.63) is 59.0 Å². The lowest BCUT2D eigenvalue weighted by atomic mass is 10.1. The quantitative estimate of drug-likeness (QED) is 0.287. The maximum atomic E-state index is 13.4. The minimum absolute atomic E-state index is 0.150. The van der Waals surface area contributed by atoms with E-state index in [1.54, 1.807) is 37.3 Å². The third-order valence-electron chi connectivity index (χ3n) is 5.54. The fraction of sp³-hybridized carbons (Fsp3) is 0.273. The van der Waals surface area contributed by atoms with Gasteiger partial charge in [0.05, 0.1) is 31.9 Å². The summed E-state index contributed by atoms with van der Waals surface area (Å²) in [5.41, 5.74) is 0.349. The van der Waals surface area contributed by atoms with Gasteiger partial charge in [0, 0.05) is 12.0 Å². The molecule has 0 radical (unpaired) electrons. The van der Waals surface area contributed by atoms with Crippen LogP contribution in [-0.2, 0) is 10.0 Å². The van der Waals surface area contributed by atoms with E-state index in [1.807, 2.05) is 0 Å². The van der Waals surface area contributed by atoms with Crippen LogP contribution in [0.1, 0.15) is 25.6 Å². The molecule has 4 aromatic heterocycles. The summed E-state index contributed by atoms with van der Waals surface area (Å²) >= 11 is 3.34. The van der Waals surface area contributed by atoms with Crippen molar-refractivity contribution < 1.29 is 22.3 Å². The predicted octanol–water partition coefficient (Wildman–Crippen LogP) is 3.37. The Morgan fingerprint density at radius 2 is 1.76 bits per heavy atom. The van der Waals surface area contributed by atoms with Crippen molar-refractivity contribution in [3.8, 4) is 29.0 Å². The average Bonchev–Trinajstić information content (AvgIpc) is 3.30. The van der Waals surface area contributed by atoms with Crippen molar-refractivity contribution in [2.45, 2.75) is 25.0 Å². The molecule has 4 aromatic rings. The Morgan fingerprint density at radius 1 is 1.03 bits per heavy atom. The highest BCUT2D eigenvalue weighted by atomic mass is 79.9. The number of ether oxygens (including phenoxy) is 2. The number of anilines is 1. The van der Waals surface area contributed by atoms with E-state index in [-0.39, 0.29) is 23.4 Å². The Balaban J connectivity index is 1.81. The molecule has 15 heteroatoms. The van der Waals surface area contributed by atoms with Crippen molar-refractivity contribution in [3.63, 3.8) is 0 Å². The summed E-state index contributed by atoms with van der Waals surface area (Å²) in [6.45, 7) is 3.12. The molecular weight excluding hydrogens is 571 g/mol. The van der Waals surface area contributed by atoms with Crippen molar-refractivity contribution in [1.82, 2.24) is 34.7 Å². The smallest absolute Gasteiger partial charge is 0.244 e. The molecule has 0 aliphatic heterocycles. The lowest BCUT2D eigenvalue weighted by Crippen LogP contribution is -2.31. The summed E-state index contributed by atoms with van der Waals surface area (Å²) in [5.74, 6) is -0.219. The van der Waals surface area contributed by atoms with E-state index in [0.29, 0.717) is 21.9 Å².